The van der Waals surface area contributed by atoms with Crippen molar-refractivity contribution in [3.05, 3.63) is 16.8 Å². The standard InChI is InChI=1S/C13H14N2O2S2/c1-7-2-3-8-9(4-7)19-13-11(8)12(14-6-15-13)18-5-10(16)17/h6-7H,2-5H2,1H3,(H,16,17)/t7-/m1/s1. The molecule has 0 saturated carbocycles. The maximum absolute atomic E-state index is 10.7. The van der Waals surface area contributed by atoms with Crippen LogP contribution in [0.4, 0.5) is 0 Å². The Morgan fingerprint density at radius 3 is 3.21 bits per heavy atom. The molecule has 1 aliphatic carbocycles. The molecule has 3 rings (SSSR count). The van der Waals surface area contributed by atoms with Gasteiger partial charge in [0.05, 0.1) is 5.75 Å². The highest BCUT2D eigenvalue weighted by Crippen LogP contribution is 2.40. The van der Waals surface area contributed by atoms with Crippen LogP contribution in [0.2, 0.25) is 0 Å². The van der Waals surface area contributed by atoms with E-state index in [-0.39, 0.29) is 5.75 Å². The van der Waals surface area contributed by atoms with Crippen molar-refractivity contribution in [2.75, 3.05) is 5.75 Å². The van der Waals surface area contributed by atoms with Crippen molar-refractivity contribution in [1.82, 2.24) is 9.97 Å². The number of aliphatic carboxylic acids is 1. The van der Waals surface area contributed by atoms with Crippen molar-refractivity contribution in [2.24, 2.45) is 5.92 Å². The first kappa shape index (κ1) is 12.9. The maximum atomic E-state index is 10.7. The molecule has 4 nitrogen and oxygen atoms in total. The largest absolute Gasteiger partial charge is 0.481 e. The lowest BCUT2D eigenvalue weighted by Crippen LogP contribution is -2.08. The molecule has 0 aromatic carbocycles. The number of rotatable bonds is 3. The van der Waals surface area contributed by atoms with Crippen LogP contribution in [0, 0.1) is 5.92 Å². The zero-order valence-corrected chi connectivity index (χ0v) is 12.2. The fourth-order valence-electron chi connectivity index (χ4n) is 2.49. The molecule has 2 heterocycles. The maximum Gasteiger partial charge on any atom is 0.313 e. The van der Waals surface area contributed by atoms with Crippen LogP contribution < -0.4 is 0 Å². The van der Waals surface area contributed by atoms with Gasteiger partial charge in [0.1, 0.15) is 16.2 Å². The Hall–Kier alpha value is -1.14. The van der Waals surface area contributed by atoms with Gasteiger partial charge in [-0.3, -0.25) is 4.79 Å². The lowest BCUT2D eigenvalue weighted by molar-refractivity contribution is -0.133. The van der Waals surface area contributed by atoms with Crippen molar-refractivity contribution in [2.45, 2.75) is 31.2 Å². The molecular formula is C13H14N2O2S2. The molecule has 19 heavy (non-hydrogen) atoms. The monoisotopic (exact) mass is 294 g/mol. The van der Waals surface area contributed by atoms with Crippen LogP contribution in [0.25, 0.3) is 10.2 Å². The first-order chi connectivity index (χ1) is 9.15. The number of carbonyl (C=O) groups is 1. The van der Waals surface area contributed by atoms with E-state index >= 15 is 0 Å². The Balaban J connectivity index is 2.06. The quantitative estimate of drug-likeness (QED) is 0.696. The van der Waals surface area contributed by atoms with Crippen LogP contribution in [-0.4, -0.2) is 26.8 Å². The molecule has 0 spiro atoms. The molecule has 0 radical (unpaired) electrons. The van der Waals surface area contributed by atoms with Crippen LogP contribution in [0.15, 0.2) is 11.4 Å². The van der Waals surface area contributed by atoms with Crippen LogP contribution in [-0.2, 0) is 17.6 Å². The topological polar surface area (TPSA) is 63.1 Å². The molecule has 0 aliphatic heterocycles. The van der Waals surface area contributed by atoms with Crippen LogP contribution in [0.5, 0.6) is 0 Å². The van der Waals surface area contributed by atoms with E-state index in [2.05, 4.69) is 16.9 Å². The average molecular weight is 294 g/mol. The minimum Gasteiger partial charge on any atom is -0.481 e. The highest BCUT2D eigenvalue weighted by atomic mass is 32.2. The molecule has 0 amide bonds. The summed E-state index contributed by atoms with van der Waals surface area (Å²) in [5.74, 6) is -0.0363. The summed E-state index contributed by atoms with van der Waals surface area (Å²) < 4.78 is 0. The zero-order valence-electron chi connectivity index (χ0n) is 10.5. The fourth-order valence-corrected chi connectivity index (χ4v) is 4.65. The number of nitrogens with zero attached hydrogens (tertiary/aromatic N) is 2. The minimum atomic E-state index is -0.811. The summed E-state index contributed by atoms with van der Waals surface area (Å²) in [4.78, 5) is 21.7. The van der Waals surface area contributed by atoms with E-state index in [1.165, 1.54) is 35.0 Å². The number of thiophene rings is 1. The number of carboxylic acid groups (broad SMARTS) is 1. The molecule has 1 atom stereocenters. The van der Waals surface area contributed by atoms with E-state index in [1.54, 1.807) is 11.3 Å². The van der Waals surface area contributed by atoms with Crippen LogP contribution in [0.1, 0.15) is 23.8 Å². The van der Waals surface area contributed by atoms with Crippen molar-refractivity contribution < 1.29 is 9.90 Å². The summed E-state index contributed by atoms with van der Waals surface area (Å²) in [7, 11) is 0. The van der Waals surface area contributed by atoms with E-state index in [0.717, 1.165) is 34.0 Å². The average Bonchev–Trinajstić information content (AvgIpc) is 2.73. The van der Waals surface area contributed by atoms with Gasteiger partial charge in [-0.25, -0.2) is 9.97 Å². The lowest BCUT2D eigenvalue weighted by atomic mass is 9.89. The summed E-state index contributed by atoms with van der Waals surface area (Å²) in [6.07, 6.45) is 4.90. The lowest BCUT2D eigenvalue weighted by Gasteiger charge is -2.18. The first-order valence-electron chi connectivity index (χ1n) is 6.25. The SMILES string of the molecule is C[C@@H]1CCc2c(sc3ncnc(SCC(=O)O)c23)C1. The molecular weight excluding hydrogens is 280 g/mol. The van der Waals surface area contributed by atoms with Crippen molar-refractivity contribution in [3.63, 3.8) is 0 Å². The molecule has 0 bridgehead atoms. The summed E-state index contributed by atoms with van der Waals surface area (Å²) in [6.45, 7) is 2.28. The van der Waals surface area contributed by atoms with Gasteiger partial charge in [-0.1, -0.05) is 18.7 Å². The van der Waals surface area contributed by atoms with Gasteiger partial charge >= 0.3 is 5.97 Å². The second kappa shape index (κ2) is 5.09. The number of thioether (sulfide) groups is 1. The Morgan fingerprint density at radius 2 is 2.42 bits per heavy atom. The number of hydrogen-bond donors (Lipinski definition) is 1. The number of aryl methyl sites for hydroxylation is 1. The van der Waals surface area contributed by atoms with Gasteiger partial charge < -0.3 is 5.11 Å². The summed E-state index contributed by atoms with van der Waals surface area (Å²) in [5, 5.41) is 10.7. The van der Waals surface area contributed by atoms with Gasteiger partial charge in [-0.15, -0.1) is 11.3 Å². The van der Waals surface area contributed by atoms with Crippen LogP contribution >= 0.6 is 23.1 Å². The third-order valence-electron chi connectivity index (χ3n) is 3.39. The number of fused-ring (bicyclic) bond motifs is 3. The van der Waals surface area contributed by atoms with Crippen LogP contribution in [0.3, 0.4) is 0 Å². The second-order valence-electron chi connectivity index (χ2n) is 4.89. The van der Waals surface area contributed by atoms with Crippen molar-refractivity contribution in [1.29, 1.82) is 0 Å². The van der Waals surface area contributed by atoms with E-state index in [0.29, 0.717) is 0 Å². The summed E-state index contributed by atoms with van der Waals surface area (Å²) in [5.41, 5.74) is 1.35. The Morgan fingerprint density at radius 1 is 1.58 bits per heavy atom. The van der Waals surface area contributed by atoms with E-state index in [4.69, 9.17) is 5.11 Å². The molecule has 1 aliphatic rings. The van der Waals surface area contributed by atoms with Gasteiger partial charge in [0, 0.05) is 10.3 Å². The van der Waals surface area contributed by atoms with Gasteiger partial charge in [-0.2, -0.15) is 0 Å². The third-order valence-corrected chi connectivity index (χ3v) is 5.53. The molecule has 0 saturated heterocycles. The number of aromatic nitrogens is 2. The van der Waals surface area contributed by atoms with Gasteiger partial charge in [-0.05, 0) is 30.7 Å². The molecule has 1 N–H and O–H groups in total. The smallest absolute Gasteiger partial charge is 0.313 e. The van der Waals surface area contributed by atoms with Gasteiger partial charge in [0.2, 0.25) is 0 Å². The number of hydrogen-bond acceptors (Lipinski definition) is 5. The van der Waals surface area contributed by atoms with E-state index in [1.807, 2.05) is 0 Å². The Kier molecular flexibility index (Phi) is 3.45. The number of carboxylic acids is 1. The Bertz CT molecular complexity index is 639. The molecule has 100 valence electrons. The normalized spacial score (nSPS) is 18.5. The highest BCUT2D eigenvalue weighted by molar-refractivity contribution is 8.00. The summed E-state index contributed by atoms with van der Waals surface area (Å²) >= 11 is 3.03. The van der Waals surface area contributed by atoms with Gasteiger partial charge in [0.15, 0.2) is 0 Å². The van der Waals surface area contributed by atoms with Crippen molar-refractivity contribution in [3.8, 4) is 0 Å². The summed E-state index contributed by atoms with van der Waals surface area (Å²) in [6, 6.07) is 0. The molecule has 6 heteroatoms. The fraction of sp³-hybridized carbons (Fsp3) is 0.462. The predicted molar refractivity (Wildman–Crippen MR) is 77.0 cm³/mol. The molecule has 0 fully saturated rings. The zero-order chi connectivity index (χ0) is 13.4. The van der Waals surface area contributed by atoms with Gasteiger partial charge in [0.25, 0.3) is 0 Å². The van der Waals surface area contributed by atoms with E-state index in [9.17, 15) is 4.79 Å². The third kappa shape index (κ3) is 2.47. The molecule has 0 unspecified atom stereocenters. The molecule has 2 aromatic heterocycles. The molecule has 2 aromatic rings. The predicted octanol–water partition coefficient (Wildman–Crippen LogP) is 2.99. The Labute approximate surface area is 119 Å². The highest BCUT2D eigenvalue weighted by Gasteiger charge is 2.23. The second-order valence-corrected chi connectivity index (χ2v) is 6.94. The minimum absolute atomic E-state index is 0.0487. The first-order valence-corrected chi connectivity index (χ1v) is 8.05. The van der Waals surface area contributed by atoms with Crippen molar-refractivity contribution >= 4 is 39.3 Å². The van der Waals surface area contributed by atoms with E-state index < -0.39 is 5.97 Å².